The number of aromatic carboxylic acids is 1. The predicted octanol–water partition coefficient (Wildman–Crippen LogP) is 4.75. The summed E-state index contributed by atoms with van der Waals surface area (Å²) >= 11 is 0. The molecule has 29 heavy (non-hydrogen) atoms. The van der Waals surface area contributed by atoms with E-state index in [2.05, 4.69) is 0 Å². The molecule has 0 radical (unpaired) electrons. The van der Waals surface area contributed by atoms with E-state index in [0.717, 1.165) is 0 Å². The first-order chi connectivity index (χ1) is 13.7. The molecule has 0 saturated carbocycles. The number of phenols is 1. The maximum absolute atomic E-state index is 12.0. The molecule has 2 aromatic rings. The SMILES string of the molecule is COc1c([C@@H](CC(C)C)OC)ccc(Oc2c(O)cc(C)cc2C=O)c1C(=O)O. The smallest absolute Gasteiger partial charge is 0.343 e. The van der Waals surface area contributed by atoms with Crippen LogP contribution >= 0.6 is 0 Å². The van der Waals surface area contributed by atoms with Gasteiger partial charge >= 0.3 is 5.97 Å². The number of carboxylic acids is 1. The van der Waals surface area contributed by atoms with Gasteiger partial charge < -0.3 is 24.4 Å². The van der Waals surface area contributed by atoms with Gasteiger partial charge in [-0.2, -0.15) is 0 Å². The molecule has 1 atom stereocenters. The molecule has 0 spiro atoms. The highest BCUT2D eigenvalue weighted by Crippen LogP contribution is 2.42. The molecular formula is C22H26O7. The third-order valence-electron chi connectivity index (χ3n) is 4.47. The zero-order valence-electron chi connectivity index (χ0n) is 17.2. The van der Waals surface area contributed by atoms with Crippen LogP contribution in [0.5, 0.6) is 23.0 Å². The van der Waals surface area contributed by atoms with E-state index in [9.17, 15) is 19.8 Å². The van der Waals surface area contributed by atoms with Crippen molar-refractivity contribution in [2.45, 2.75) is 33.3 Å². The second kappa shape index (κ2) is 9.43. The molecule has 0 bridgehead atoms. The van der Waals surface area contributed by atoms with Crippen LogP contribution < -0.4 is 9.47 Å². The molecule has 0 aromatic heterocycles. The van der Waals surface area contributed by atoms with Gasteiger partial charge in [0.15, 0.2) is 17.8 Å². The van der Waals surface area contributed by atoms with Crippen molar-refractivity contribution in [3.63, 3.8) is 0 Å². The van der Waals surface area contributed by atoms with Crippen molar-refractivity contribution in [1.82, 2.24) is 0 Å². The number of hydrogen-bond donors (Lipinski definition) is 2. The molecule has 0 saturated heterocycles. The van der Waals surface area contributed by atoms with E-state index in [-0.39, 0.29) is 40.2 Å². The van der Waals surface area contributed by atoms with Gasteiger partial charge in [-0.25, -0.2) is 4.79 Å². The summed E-state index contributed by atoms with van der Waals surface area (Å²) in [5.41, 5.74) is 1.14. The third-order valence-corrected chi connectivity index (χ3v) is 4.47. The van der Waals surface area contributed by atoms with Crippen LogP contribution in [0, 0.1) is 12.8 Å². The minimum atomic E-state index is -1.27. The van der Waals surface area contributed by atoms with E-state index in [1.54, 1.807) is 20.1 Å². The molecule has 0 heterocycles. The van der Waals surface area contributed by atoms with E-state index in [0.29, 0.717) is 29.8 Å². The standard InChI is InChI=1S/C22H26O7/c1-12(2)8-18(27-4)15-6-7-17(19(22(25)26)21(15)28-5)29-20-14(11-23)9-13(3)10-16(20)24/h6-7,9-12,18,24H,8H2,1-5H3,(H,25,26)/t18-/m1/s1. The number of rotatable bonds is 9. The Morgan fingerprint density at radius 2 is 1.86 bits per heavy atom. The summed E-state index contributed by atoms with van der Waals surface area (Å²) in [6, 6.07) is 6.11. The lowest BCUT2D eigenvalue weighted by molar-refractivity contribution is 0.0684. The molecule has 7 heteroatoms. The highest BCUT2D eigenvalue weighted by Gasteiger charge is 2.27. The lowest BCUT2D eigenvalue weighted by Crippen LogP contribution is -2.11. The fourth-order valence-corrected chi connectivity index (χ4v) is 3.21. The number of aldehydes is 1. The second-order valence-corrected chi connectivity index (χ2v) is 7.14. The number of carbonyl (C=O) groups is 2. The number of aromatic hydroxyl groups is 1. The molecule has 156 valence electrons. The lowest BCUT2D eigenvalue weighted by Gasteiger charge is -2.23. The largest absolute Gasteiger partial charge is 0.504 e. The van der Waals surface area contributed by atoms with E-state index >= 15 is 0 Å². The Bertz CT molecular complexity index is 903. The van der Waals surface area contributed by atoms with Gasteiger partial charge in [0.05, 0.1) is 18.8 Å². The minimum absolute atomic E-state index is 0.0558. The van der Waals surface area contributed by atoms with E-state index in [1.165, 1.54) is 25.3 Å². The first-order valence-corrected chi connectivity index (χ1v) is 9.17. The Morgan fingerprint density at radius 1 is 1.17 bits per heavy atom. The number of aryl methyl sites for hydroxylation is 1. The fraction of sp³-hybridized carbons (Fsp3) is 0.364. The number of phenolic OH excluding ortho intramolecular Hbond substituents is 1. The van der Waals surface area contributed by atoms with E-state index in [1.807, 2.05) is 13.8 Å². The van der Waals surface area contributed by atoms with Crippen LogP contribution in [0.3, 0.4) is 0 Å². The molecule has 0 aliphatic rings. The van der Waals surface area contributed by atoms with Gasteiger partial charge in [-0.1, -0.05) is 13.8 Å². The third kappa shape index (κ3) is 4.86. The van der Waals surface area contributed by atoms with Crippen molar-refractivity contribution < 1.29 is 34.0 Å². The van der Waals surface area contributed by atoms with Gasteiger partial charge in [0.2, 0.25) is 0 Å². The van der Waals surface area contributed by atoms with Crippen LogP contribution in [0.25, 0.3) is 0 Å². The Kier molecular flexibility index (Phi) is 7.23. The average Bonchev–Trinajstić information content (AvgIpc) is 2.66. The minimum Gasteiger partial charge on any atom is -0.504 e. The lowest BCUT2D eigenvalue weighted by atomic mass is 9.96. The molecule has 2 rings (SSSR count). The number of hydrogen-bond acceptors (Lipinski definition) is 6. The van der Waals surface area contributed by atoms with Crippen molar-refractivity contribution in [2.75, 3.05) is 14.2 Å². The molecule has 0 fully saturated rings. The van der Waals surface area contributed by atoms with E-state index in [4.69, 9.17) is 14.2 Å². The molecule has 0 aliphatic heterocycles. The number of carboxylic acid groups (broad SMARTS) is 1. The zero-order chi connectivity index (χ0) is 21.7. The van der Waals surface area contributed by atoms with Crippen LogP contribution in [0.2, 0.25) is 0 Å². The molecule has 2 N–H and O–H groups in total. The number of methoxy groups -OCH3 is 2. The monoisotopic (exact) mass is 402 g/mol. The highest BCUT2D eigenvalue weighted by molar-refractivity contribution is 5.95. The first kappa shape index (κ1) is 22.2. The van der Waals surface area contributed by atoms with Crippen LogP contribution in [-0.2, 0) is 4.74 Å². The zero-order valence-corrected chi connectivity index (χ0v) is 17.2. The summed E-state index contributed by atoms with van der Waals surface area (Å²) in [6.45, 7) is 5.79. The molecule has 0 unspecified atom stereocenters. The second-order valence-electron chi connectivity index (χ2n) is 7.14. The van der Waals surface area contributed by atoms with Crippen molar-refractivity contribution in [2.24, 2.45) is 5.92 Å². The summed E-state index contributed by atoms with van der Waals surface area (Å²) in [4.78, 5) is 23.4. The van der Waals surface area contributed by atoms with Gasteiger partial charge in [0, 0.05) is 12.7 Å². The van der Waals surface area contributed by atoms with Gasteiger partial charge in [0.25, 0.3) is 0 Å². The van der Waals surface area contributed by atoms with Gasteiger partial charge in [0.1, 0.15) is 17.1 Å². The van der Waals surface area contributed by atoms with Crippen molar-refractivity contribution in [3.8, 4) is 23.0 Å². The van der Waals surface area contributed by atoms with E-state index < -0.39 is 5.97 Å². The Morgan fingerprint density at radius 3 is 2.38 bits per heavy atom. The highest BCUT2D eigenvalue weighted by atomic mass is 16.5. The average molecular weight is 402 g/mol. The van der Waals surface area contributed by atoms with Crippen LogP contribution in [0.4, 0.5) is 0 Å². The van der Waals surface area contributed by atoms with Gasteiger partial charge in [-0.05, 0) is 49.1 Å². The number of carbonyl (C=O) groups excluding carboxylic acids is 1. The quantitative estimate of drug-likeness (QED) is 0.584. The van der Waals surface area contributed by atoms with Crippen LogP contribution in [0.1, 0.15) is 58.2 Å². The predicted molar refractivity (Wildman–Crippen MR) is 107 cm³/mol. The maximum atomic E-state index is 12.0. The molecule has 2 aromatic carbocycles. The van der Waals surface area contributed by atoms with Gasteiger partial charge in [-0.3, -0.25) is 4.79 Å². The summed E-state index contributed by atoms with van der Waals surface area (Å²) in [5, 5.41) is 20.0. The van der Waals surface area contributed by atoms with Crippen LogP contribution in [-0.4, -0.2) is 36.7 Å². The summed E-state index contributed by atoms with van der Waals surface area (Å²) in [7, 11) is 2.93. The molecule has 0 aliphatic carbocycles. The van der Waals surface area contributed by atoms with Gasteiger partial charge in [-0.15, -0.1) is 0 Å². The Labute approximate surface area is 169 Å². The molecular weight excluding hydrogens is 376 g/mol. The number of benzene rings is 2. The summed E-state index contributed by atoms with van der Waals surface area (Å²) < 4.78 is 16.7. The number of ether oxygens (including phenoxy) is 3. The van der Waals surface area contributed by atoms with Crippen molar-refractivity contribution in [3.05, 3.63) is 46.5 Å². The summed E-state index contributed by atoms with van der Waals surface area (Å²) in [5.74, 6) is -1.28. The normalized spacial score (nSPS) is 11.9. The fourth-order valence-electron chi connectivity index (χ4n) is 3.21. The topological polar surface area (TPSA) is 102 Å². The first-order valence-electron chi connectivity index (χ1n) is 9.17. The Hall–Kier alpha value is -3.06. The van der Waals surface area contributed by atoms with Crippen molar-refractivity contribution in [1.29, 1.82) is 0 Å². The molecule has 7 nitrogen and oxygen atoms in total. The van der Waals surface area contributed by atoms with Crippen molar-refractivity contribution >= 4 is 12.3 Å². The molecule has 0 amide bonds. The maximum Gasteiger partial charge on any atom is 0.343 e. The Balaban J connectivity index is 2.63. The van der Waals surface area contributed by atoms with Crippen LogP contribution in [0.15, 0.2) is 24.3 Å². The summed E-state index contributed by atoms with van der Waals surface area (Å²) in [6.07, 6.45) is 0.841.